The van der Waals surface area contributed by atoms with Gasteiger partial charge in [0, 0.05) is 32.7 Å². The molecule has 0 saturated heterocycles. The lowest BCUT2D eigenvalue weighted by Crippen LogP contribution is -2.24. The number of thiophene rings is 1. The van der Waals surface area contributed by atoms with Gasteiger partial charge in [-0.2, -0.15) is 0 Å². The summed E-state index contributed by atoms with van der Waals surface area (Å²) in [6.45, 7) is 3.31. The Balaban J connectivity index is 1.75. The summed E-state index contributed by atoms with van der Waals surface area (Å²) in [6.07, 6.45) is 4.97. The van der Waals surface area contributed by atoms with Gasteiger partial charge in [0.15, 0.2) is 0 Å². The first-order valence-electron chi connectivity index (χ1n) is 7.81. The van der Waals surface area contributed by atoms with Gasteiger partial charge in [0.05, 0.1) is 0 Å². The van der Waals surface area contributed by atoms with Gasteiger partial charge in [-0.15, -0.1) is 11.3 Å². The number of hydrogen-bond donors (Lipinski definition) is 1. The molecule has 1 saturated carbocycles. The van der Waals surface area contributed by atoms with Gasteiger partial charge in [-0.1, -0.05) is 41.1 Å². The maximum Gasteiger partial charge on any atom is 0.0210 e. The molecule has 0 amide bonds. The molecule has 1 aromatic carbocycles. The fraction of sp³-hybridized carbons (Fsp3) is 0.444. The molecule has 1 aliphatic carbocycles. The maximum absolute atomic E-state index is 3.73. The Morgan fingerprint density at radius 3 is 2.62 bits per heavy atom. The Morgan fingerprint density at radius 2 is 1.95 bits per heavy atom. The number of benzene rings is 1. The van der Waals surface area contributed by atoms with Crippen LogP contribution in [0.15, 0.2) is 40.9 Å². The number of hydrogen-bond acceptors (Lipinski definition) is 2. The first kappa shape index (κ1) is 15.3. The van der Waals surface area contributed by atoms with E-state index in [2.05, 4.69) is 64.6 Å². The Labute approximate surface area is 139 Å². The summed E-state index contributed by atoms with van der Waals surface area (Å²) in [5.74, 6) is 0.546. The van der Waals surface area contributed by atoms with Gasteiger partial charge >= 0.3 is 0 Å². The van der Waals surface area contributed by atoms with Crippen molar-refractivity contribution in [2.75, 3.05) is 6.54 Å². The zero-order chi connectivity index (χ0) is 14.7. The highest BCUT2D eigenvalue weighted by atomic mass is 79.9. The first-order chi connectivity index (χ1) is 10.3. The van der Waals surface area contributed by atoms with Crippen LogP contribution in [0.3, 0.4) is 0 Å². The highest BCUT2D eigenvalue weighted by Gasteiger charge is 2.23. The lowest BCUT2D eigenvalue weighted by molar-refractivity contribution is 0.578. The standard InChI is InChI=1S/C18H22BrNS/c1-2-15-9-10-16(21-15)11-13(12-20-14-7-8-14)17-5-3-4-6-18(17)19/h3-6,9-10,13-14,20H,2,7-8,11-12H2,1H3. The lowest BCUT2D eigenvalue weighted by Gasteiger charge is -2.19. The minimum Gasteiger partial charge on any atom is -0.313 e. The summed E-state index contributed by atoms with van der Waals surface area (Å²) in [4.78, 5) is 3.00. The van der Waals surface area contributed by atoms with Crippen molar-refractivity contribution in [1.29, 1.82) is 0 Å². The molecule has 2 aromatic rings. The molecule has 1 unspecified atom stereocenters. The quantitative estimate of drug-likeness (QED) is 0.716. The van der Waals surface area contributed by atoms with E-state index in [1.54, 1.807) is 0 Å². The van der Waals surface area contributed by atoms with Gasteiger partial charge in [-0.05, 0) is 49.4 Å². The van der Waals surface area contributed by atoms with Crippen molar-refractivity contribution in [1.82, 2.24) is 5.32 Å². The van der Waals surface area contributed by atoms with Crippen LogP contribution in [-0.2, 0) is 12.8 Å². The molecule has 1 atom stereocenters. The molecular formula is C18H22BrNS. The van der Waals surface area contributed by atoms with Gasteiger partial charge in [-0.3, -0.25) is 0 Å². The fourth-order valence-corrected chi connectivity index (χ4v) is 4.31. The van der Waals surface area contributed by atoms with Crippen LogP contribution in [0, 0.1) is 0 Å². The van der Waals surface area contributed by atoms with Crippen molar-refractivity contribution in [3.63, 3.8) is 0 Å². The van der Waals surface area contributed by atoms with Crippen molar-refractivity contribution in [2.45, 2.75) is 44.6 Å². The van der Waals surface area contributed by atoms with Crippen LogP contribution in [0.25, 0.3) is 0 Å². The molecule has 3 heteroatoms. The molecule has 0 bridgehead atoms. The van der Waals surface area contributed by atoms with Crippen LogP contribution < -0.4 is 5.32 Å². The third-order valence-electron chi connectivity index (χ3n) is 4.09. The van der Waals surface area contributed by atoms with E-state index in [-0.39, 0.29) is 0 Å². The van der Waals surface area contributed by atoms with Crippen molar-refractivity contribution >= 4 is 27.3 Å². The van der Waals surface area contributed by atoms with E-state index in [0.717, 1.165) is 25.4 Å². The van der Waals surface area contributed by atoms with Crippen LogP contribution in [-0.4, -0.2) is 12.6 Å². The summed E-state index contributed by atoms with van der Waals surface area (Å²) in [6, 6.07) is 14.0. The molecule has 1 N–H and O–H groups in total. The number of halogens is 1. The number of rotatable bonds is 7. The van der Waals surface area contributed by atoms with Gasteiger partial charge in [0.25, 0.3) is 0 Å². The maximum atomic E-state index is 3.73. The summed E-state index contributed by atoms with van der Waals surface area (Å²) in [5.41, 5.74) is 1.43. The van der Waals surface area contributed by atoms with Crippen molar-refractivity contribution in [3.8, 4) is 0 Å². The van der Waals surface area contributed by atoms with Crippen LogP contribution in [0.1, 0.15) is 41.0 Å². The van der Waals surface area contributed by atoms with Crippen LogP contribution in [0.4, 0.5) is 0 Å². The molecule has 112 valence electrons. The van der Waals surface area contributed by atoms with Crippen LogP contribution >= 0.6 is 27.3 Å². The number of nitrogens with one attached hydrogen (secondary N) is 1. The molecule has 0 radical (unpaired) electrons. The predicted molar refractivity (Wildman–Crippen MR) is 95.3 cm³/mol. The summed E-state index contributed by atoms with van der Waals surface area (Å²) in [7, 11) is 0. The van der Waals surface area contributed by atoms with E-state index >= 15 is 0 Å². The molecule has 1 aliphatic rings. The molecule has 21 heavy (non-hydrogen) atoms. The molecular weight excluding hydrogens is 342 g/mol. The number of aryl methyl sites for hydroxylation is 1. The second-order valence-electron chi connectivity index (χ2n) is 5.83. The average Bonchev–Trinajstić information content (AvgIpc) is 3.22. The highest BCUT2D eigenvalue weighted by Crippen LogP contribution is 2.31. The lowest BCUT2D eigenvalue weighted by atomic mass is 9.95. The summed E-state index contributed by atoms with van der Waals surface area (Å²) in [5, 5.41) is 3.71. The van der Waals surface area contributed by atoms with Crippen molar-refractivity contribution < 1.29 is 0 Å². The summed E-state index contributed by atoms with van der Waals surface area (Å²) >= 11 is 5.70. The zero-order valence-electron chi connectivity index (χ0n) is 12.4. The fourth-order valence-electron chi connectivity index (χ4n) is 2.66. The molecule has 1 nitrogen and oxygen atoms in total. The second kappa shape index (κ2) is 7.08. The normalized spacial score (nSPS) is 16.1. The van der Waals surface area contributed by atoms with Gasteiger partial charge in [-0.25, -0.2) is 0 Å². The van der Waals surface area contributed by atoms with E-state index in [1.165, 1.54) is 32.6 Å². The van der Waals surface area contributed by atoms with E-state index in [4.69, 9.17) is 0 Å². The third kappa shape index (κ3) is 4.18. The predicted octanol–water partition coefficient (Wildman–Crippen LogP) is 5.15. The van der Waals surface area contributed by atoms with Crippen molar-refractivity contribution in [3.05, 3.63) is 56.2 Å². The molecule has 1 heterocycles. The molecule has 1 fully saturated rings. The molecule has 1 aromatic heterocycles. The second-order valence-corrected chi connectivity index (χ2v) is 7.93. The Morgan fingerprint density at radius 1 is 1.19 bits per heavy atom. The zero-order valence-corrected chi connectivity index (χ0v) is 14.8. The molecule has 0 aliphatic heterocycles. The van der Waals surface area contributed by atoms with Gasteiger partial charge < -0.3 is 5.32 Å². The molecule has 0 spiro atoms. The SMILES string of the molecule is CCc1ccc(CC(CNC2CC2)c2ccccc2Br)s1. The first-order valence-corrected chi connectivity index (χ1v) is 9.42. The van der Waals surface area contributed by atoms with Gasteiger partial charge in [0.2, 0.25) is 0 Å². The minimum atomic E-state index is 0.546. The van der Waals surface area contributed by atoms with E-state index in [9.17, 15) is 0 Å². The topological polar surface area (TPSA) is 12.0 Å². The Hall–Kier alpha value is -0.640. The van der Waals surface area contributed by atoms with E-state index in [0.29, 0.717) is 5.92 Å². The van der Waals surface area contributed by atoms with E-state index < -0.39 is 0 Å². The largest absolute Gasteiger partial charge is 0.313 e. The summed E-state index contributed by atoms with van der Waals surface area (Å²) < 4.78 is 1.24. The molecule has 3 rings (SSSR count). The monoisotopic (exact) mass is 363 g/mol. The van der Waals surface area contributed by atoms with Crippen molar-refractivity contribution in [2.24, 2.45) is 0 Å². The van der Waals surface area contributed by atoms with Gasteiger partial charge in [0.1, 0.15) is 0 Å². The Kier molecular flexibility index (Phi) is 5.15. The average molecular weight is 364 g/mol. The minimum absolute atomic E-state index is 0.546. The Bertz CT molecular complexity index is 588. The van der Waals surface area contributed by atoms with E-state index in [1.807, 2.05) is 11.3 Å². The van der Waals surface area contributed by atoms with Crippen LogP contribution in [0.5, 0.6) is 0 Å². The highest BCUT2D eigenvalue weighted by molar-refractivity contribution is 9.10. The smallest absolute Gasteiger partial charge is 0.0210 e. The third-order valence-corrected chi connectivity index (χ3v) is 6.06. The van der Waals surface area contributed by atoms with Crippen LogP contribution in [0.2, 0.25) is 0 Å².